The summed E-state index contributed by atoms with van der Waals surface area (Å²) in [6.07, 6.45) is 8.79. The number of aliphatic hydroxyl groups excluding tert-OH is 1. The van der Waals surface area contributed by atoms with Gasteiger partial charge in [0.25, 0.3) is 0 Å². The average molecular weight is 331 g/mol. The Hall–Kier alpha value is -1.66. The molecule has 0 aromatic carbocycles. The van der Waals surface area contributed by atoms with Crippen molar-refractivity contribution in [2.45, 2.75) is 69.6 Å². The van der Waals surface area contributed by atoms with Gasteiger partial charge in [-0.2, -0.15) is 4.98 Å². The van der Waals surface area contributed by atoms with Crippen LogP contribution in [0, 0.1) is 0 Å². The highest BCUT2D eigenvalue weighted by atomic mass is 16.5. The van der Waals surface area contributed by atoms with Crippen molar-refractivity contribution in [2.75, 3.05) is 6.54 Å². The Labute approximate surface area is 141 Å². The second-order valence-corrected chi connectivity index (χ2v) is 7.06. The highest BCUT2D eigenvalue weighted by molar-refractivity contribution is 5.04. The lowest BCUT2D eigenvalue weighted by atomic mass is 10.0. The van der Waals surface area contributed by atoms with Crippen LogP contribution in [0.25, 0.3) is 0 Å². The molecule has 24 heavy (non-hydrogen) atoms. The van der Waals surface area contributed by atoms with Crippen LogP contribution in [0.3, 0.4) is 0 Å². The molecule has 0 bridgehead atoms. The third kappa shape index (κ3) is 3.70. The zero-order valence-corrected chi connectivity index (χ0v) is 13.9. The smallest absolute Gasteiger partial charge is 0.240 e. The summed E-state index contributed by atoms with van der Waals surface area (Å²) in [7, 11) is 0. The van der Waals surface area contributed by atoms with Crippen LogP contribution in [0.1, 0.15) is 74.4 Å². The molecular weight excluding hydrogens is 306 g/mol. The number of aliphatic hydroxyl groups is 1. The maximum Gasteiger partial charge on any atom is 0.240 e. The van der Waals surface area contributed by atoms with Crippen LogP contribution in [0.5, 0.6) is 0 Å². The van der Waals surface area contributed by atoms with Crippen molar-refractivity contribution in [1.82, 2.24) is 15.0 Å². The molecule has 2 aromatic rings. The van der Waals surface area contributed by atoms with Gasteiger partial charge in [-0.1, -0.05) is 18.0 Å². The molecule has 6 heteroatoms. The first-order valence-corrected chi connectivity index (χ1v) is 9.07. The van der Waals surface area contributed by atoms with Gasteiger partial charge in [-0.15, -0.1) is 0 Å². The number of aromatic nitrogens is 2. The molecule has 2 aromatic heterocycles. The molecule has 3 heterocycles. The van der Waals surface area contributed by atoms with Crippen LogP contribution in [0.2, 0.25) is 0 Å². The molecular formula is C18H25N3O3. The molecule has 2 unspecified atom stereocenters. The summed E-state index contributed by atoms with van der Waals surface area (Å²) in [5.41, 5.74) is 0. The lowest BCUT2D eigenvalue weighted by molar-refractivity contribution is 0.0779. The van der Waals surface area contributed by atoms with Crippen molar-refractivity contribution in [3.05, 3.63) is 35.9 Å². The summed E-state index contributed by atoms with van der Waals surface area (Å²) < 4.78 is 10.8. The van der Waals surface area contributed by atoms with Crippen LogP contribution < -0.4 is 0 Å². The maximum atomic E-state index is 10.5. The van der Waals surface area contributed by atoms with Crippen LogP contribution in [-0.4, -0.2) is 32.7 Å². The molecule has 1 saturated carbocycles. The van der Waals surface area contributed by atoms with E-state index in [1.54, 1.807) is 6.26 Å². The first kappa shape index (κ1) is 15.8. The highest BCUT2D eigenvalue weighted by Gasteiger charge is 2.30. The molecule has 1 saturated heterocycles. The minimum absolute atomic E-state index is 0.309. The predicted molar refractivity (Wildman–Crippen MR) is 87.2 cm³/mol. The topological polar surface area (TPSA) is 75.5 Å². The number of furan rings is 1. The zero-order valence-electron chi connectivity index (χ0n) is 13.9. The summed E-state index contributed by atoms with van der Waals surface area (Å²) in [4.78, 5) is 6.95. The third-order valence-electron chi connectivity index (χ3n) is 5.13. The van der Waals surface area contributed by atoms with Gasteiger partial charge in [0, 0.05) is 12.0 Å². The minimum atomic E-state index is -0.560. The van der Waals surface area contributed by atoms with Gasteiger partial charge >= 0.3 is 0 Å². The lowest BCUT2D eigenvalue weighted by Gasteiger charge is -2.29. The van der Waals surface area contributed by atoms with E-state index in [9.17, 15) is 5.11 Å². The van der Waals surface area contributed by atoms with Gasteiger partial charge in [0.05, 0.1) is 12.8 Å². The molecule has 1 aliphatic carbocycles. The Bertz CT molecular complexity index is 636. The number of hydrogen-bond acceptors (Lipinski definition) is 6. The summed E-state index contributed by atoms with van der Waals surface area (Å²) in [6.45, 7) is 1.69. The Morgan fingerprint density at radius 2 is 2.17 bits per heavy atom. The molecule has 2 aliphatic rings. The molecule has 0 spiro atoms. The van der Waals surface area contributed by atoms with Gasteiger partial charge in [-0.05, 0) is 50.8 Å². The summed E-state index contributed by atoms with van der Waals surface area (Å²) in [6, 6.07) is 3.97. The number of nitrogens with zero attached hydrogens (tertiary/aromatic N) is 3. The molecule has 1 N–H and O–H groups in total. The Morgan fingerprint density at radius 3 is 2.96 bits per heavy atom. The van der Waals surface area contributed by atoms with Crippen molar-refractivity contribution >= 4 is 0 Å². The van der Waals surface area contributed by atoms with E-state index in [4.69, 9.17) is 8.94 Å². The maximum absolute atomic E-state index is 10.5. The summed E-state index contributed by atoms with van der Waals surface area (Å²) >= 11 is 0. The van der Waals surface area contributed by atoms with Gasteiger partial charge in [-0.3, -0.25) is 4.90 Å². The minimum Gasteiger partial charge on any atom is -0.467 e. The largest absolute Gasteiger partial charge is 0.467 e. The van der Waals surface area contributed by atoms with Crippen molar-refractivity contribution < 1.29 is 14.0 Å². The van der Waals surface area contributed by atoms with Gasteiger partial charge in [0.1, 0.15) is 11.9 Å². The normalized spacial score (nSPS) is 24.0. The van der Waals surface area contributed by atoms with E-state index in [0.717, 1.165) is 18.8 Å². The predicted octanol–water partition coefficient (Wildman–Crippen LogP) is 3.41. The molecule has 1 aliphatic heterocycles. The van der Waals surface area contributed by atoms with Crippen LogP contribution in [0.4, 0.5) is 0 Å². The Kier molecular flexibility index (Phi) is 4.67. The number of rotatable bonds is 6. The van der Waals surface area contributed by atoms with Crippen molar-refractivity contribution in [3.63, 3.8) is 0 Å². The van der Waals surface area contributed by atoms with E-state index in [1.165, 1.54) is 32.1 Å². The second kappa shape index (κ2) is 7.07. The Morgan fingerprint density at radius 1 is 1.25 bits per heavy atom. The van der Waals surface area contributed by atoms with E-state index in [1.807, 2.05) is 12.1 Å². The number of likely N-dealkylation sites (tertiary alicyclic amines) is 1. The molecule has 0 radical (unpaired) electrons. The number of hydrogen-bond donors (Lipinski definition) is 1. The van der Waals surface area contributed by atoms with E-state index < -0.39 is 6.10 Å². The fraction of sp³-hybridized carbons (Fsp3) is 0.667. The van der Waals surface area contributed by atoms with E-state index in [-0.39, 0.29) is 0 Å². The monoisotopic (exact) mass is 331 g/mol. The zero-order chi connectivity index (χ0) is 16.4. The van der Waals surface area contributed by atoms with Crippen LogP contribution >= 0.6 is 0 Å². The molecule has 2 atom stereocenters. The Balaban J connectivity index is 1.42. The first-order chi connectivity index (χ1) is 11.8. The average Bonchev–Trinajstić information content (AvgIpc) is 3.15. The fourth-order valence-electron chi connectivity index (χ4n) is 3.58. The van der Waals surface area contributed by atoms with Crippen molar-refractivity contribution in [3.8, 4) is 0 Å². The quantitative estimate of drug-likeness (QED) is 0.874. The SMILES string of the molecule is OC(CC1CCCCCN1Cc1nc(C2CC2)no1)c1ccco1. The molecule has 6 nitrogen and oxygen atoms in total. The molecule has 4 rings (SSSR count). The molecule has 0 amide bonds. The summed E-state index contributed by atoms with van der Waals surface area (Å²) in [5.74, 6) is 2.74. The molecule has 130 valence electrons. The van der Waals surface area contributed by atoms with Crippen LogP contribution in [-0.2, 0) is 6.54 Å². The standard InChI is InChI=1S/C18H25N3O3/c22-15(16-6-4-10-23-16)11-14-5-2-1-3-9-21(14)12-17-19-18(20-24-17)13-7-8-13/h4,6,10,13-15,22H,1-3,5,7-9,11-12H2. The van der Waals surface area contributed by atoms with E-state index >= 15 is 0 Å². The second-order valence-electron chi connectivity index (χ2n) is 7.06. The van der Waals surface area contributed by atoms with Crippen molar-refractivity contribution in [1.29, 1.82) is 0 Å². The third-order valence-corrected chi connectivity index (χ3v) is 5.13. The fourth-order valence-corrected chi connectivity index (χ4v) is 3.58. The van der Waals surface area contributed by atoms with Gasteiger partial charge in [-0.25, -0.2) is 0 Å². The van der Waals surface area contributed by atoms with E-state index in [2.05, 4.69) is 15.0 Å². The van der Waals surface area contributed by atoms with Gasteiger partial charge in [0.15, 0.2) is 5.82 Å². The first-order valence-electron chi connectivity index (χ1n) is 9.07. The van der Waals surface area contributed by atoms with Crippen molar-refractivity contribution in [2.24, 2.45) is 0 Å². The van der Waals surface area contributed by atoms with Gasteiger partial charge in [0.2, 0.25) is 5.89 Å². The highest BCUT2D eigenvalue weighted by Crippen LogP contribution is 2.38. The van der Waals surface area contributed by atoms with Crippen LogP contribution in [0.15, 0.2) is 27.3 Å². The summed E-state index contributed by atoms with van der Waals surface area (Å²) in [5, 5.41) is 14.6. The molecule has 2 fully saturated rings. The van der Waals surface area contributed by atoms with E-state index in [0.29, 0.717) is 36.6 Å². The lowest BCUT2D eigenvalue weighted by Crippen LogP contribution is -2.35. The van der Waals surface area contributed by atoms with Gasteiger partial charge < -0.3 is 14.0 Å².